The maximum absolute atomic E-state index is 11.2. The molecule has 0 aliphatic rings. The normalized spacial score (nSPS) is 12.5. The van der Waals surface area contributed by atoms with E-state index in [1.165, 1.54) is 12.1 Å². The predicted octanol–water partition coefficient (Wildman–Crippen LogP) is 1.09. The molecule has 0 radical (unpaired) electrons. The number of aliphatic imine (C=N–C) groups is 1. The summed E-state index contributed by atoms with van der Waals surface area (Å²) in [6.45, 7) is 8.59. The van der Waals surface area contributed by atoms with Crippen molar-refractivity contribution in [3.05, 3.63) is 29.8 Å². The van der Waals surface area contributed by atoms with Gasteiger partial charge in [0.2, 0.25) is 10.0 Å². The van der Waals surface area contributed by atoms with Crippen molar-refractivity contribution in [2.45, 2.75) is 32.1 Å². The van der Waals surface area contributed by atoms with E-state index in [1.807, 2.05) is 6.92 Å². The van der Waals surface area contributed by atoms with Gasteiger partial charge in [0.1, 0.15) is 0 Å². The van der Waals surface area contributed by atoms with Gasteiger partial charge in [-0.05, 0) is 37.0 Å². The molecule has 7 heteroatoms. The molecule has 4 N–H and O–H groups in total. The van der Waals surface area contributed by atoms with Crippen LogP contribution in [0.4, 0.5) is 0 Å². The van der Waals surface area contributed by atoms with Crippen molar-refractivity contribution in [1.29, 1.82) is 0 Å². The van der Waals surface area contributed by atoms with Gasteiger partial charge in [-0.15, -0.1) is 0 Å². The highest BCUT2D eigenvalue weighted by Gasteiger charge is 2.06. The Morgan fingerprint density at radius 2 is 1.86 bits per heavy atom. The van der Waals surface area contributed by atoms with Crippen molar-refractivity contribution in [3.63, 3.8) is 0 Å². The lowest BCUT2D eigenvalue weighted by Crippen LogP contribution is -2.38. The second kappa shape index (κ2) is 8.75. The average molecular weight is 326 g/mol. The van der Waals surface area contributed by atoms with Crippen LogP contribution in [0, 0.1) is 5.92 Å². The minimum absolute atomic E-state index is 0.135. The highest BCUT2D eigenvalue weighted by molar-refractivity contribution is 7.89. The Bertz CT molecular complexity index is 580. The molecule has 1 aromatic rings. The van der Waals surface area contributed by atoms with Gasteiger partial charge < -0.3 is 10.6 Å². The second-order valence-electron chi connectivity index (χ2n) is 5.48. The molecule has 0 bridgehead atoms. The summed E-state index contributed by atoms with van der Waals surface area (Å²) in [6, 6.07) is 6.62. The summed E-state index contributed by atoms with van der Waals surface area (Å²) in [5.41, 5.74) is 1.04. The zero-order valence-corrected chi connectivity index (χ0v) is 14.3. The lowest BCUT2D eigenvalue weighted by atomic mass is 10.1. The van der Waals surface area contributed by atoms with Gasteiger partial charge in [-0.2, -0.15) is 0 Å². The van der Waals surface area contributed by atoms with E-state index in [0.29, 0.717) is 5.92 Å². The molecule has 124 valence electrons. The van der Waals surface area contributed by atoms with Crippen LogP contribution in [0.15, 0.2) is 34.2 Å². The van der Waals surface area contributed by atoms with Gasteiger partial charge in [0.15, 0.2) is 5.96 Å². The molecule has 0 amide bonds. The van der Waals surface area contributed by atoms with E-state index in [-0.39, 0.29) is 4.90 Å². The average Bonchev–Trinajstić information content (AvgIpc) is 2.44. The molecular weight excluding hydrogens is 300 g/mol. The Balaban J connectivity index is 2.53. The van der Waals surface area contributed by atoms with Gasteiger partial charge in [-0.1, -0.05) is 26.0 Å². The largest absolute Gasteiger partial charge is 0.357 e. The number of nitrogens with one attached hydrogen (secondary N) is 2. The van der Waals surface area contributed by atoms with Crippen LogP contribution in [-0.2, 0) is 16.4 Å². The summed E-state index contributed by atoms with van der Waals surface area (Å²) in [4.78, 5) is 4.62. The van der Waals surface area contributed by atoms with E-state index in [9.17, 15) is 8.42 Å². The highest BCUT2D eigenvalue weighted by Crippen LogP contribution is 2.08. The van der Waals surface area contributed by atoms with E-state index < -0.39 is 10.0 Å². The van der Waals surface area contributed by atoms with Crippen molar-refractivity contribution in [3.8, 4) is 0 Å². The summed E-state index contributed by atoms with van der Waals surface area (Å²) in [6.07, 6.45) is 0.775. The van der Waals surface area contributed by atoms with Crippen molar-refractivity contribution in [2.75, 3.05) is 19.6 Å². The van der Waals surface area contributed by atoms with Crippen LogP contribution < -0.4 is 15.8 Å². The van der Waals surface area contributed by atoms with Crippen molar-refractivity contribution in [1.82, 2.24) is 10.6 Å². The number of guanidine groups is 1. The maximum atomic E-state index is 11.2. The molecule has 0 aromatic heterocycles. The smallest absolute Gasteiger partial charge is 0.238 e. The number of benzene rings is 1. The molecule has 0 fully saturated rings. The van der Waals surface area contributed by atoms with Gasteiger partial charge in [-0.3, -0.25) is 4.99 Å². The van der Waals surface area contributed by atoms with Crippen LogP contribution in [0.1, 0.15) is 26.3 Å². The fourth-order valence-electron chi connectivity index (χ4n) is 1.79. The van der Waals surface area contributed by atoms with Crippen molar-refractivity contribution >= 4 is 16.0 Å². The number of nitrogens with zero attached hydrogens (tertiary/aromatic N) is 1. The van der Waals surface area contributed by atoms with Crippen LogP contribution in [0.3, 0.4) is 0 Å². The van der Waals surface area contributed by atoms with E-state index in [0.717, 1.165) is 37.6 Å². The zero-order chi connectivity index (χ0) is 16.6. The molecule has 1 aromatic carbocycles. The third-order valence-corrected chi connectivity index (χ3v) is 3.85. The molecule has 1 rings (SSSR count). The summed E-state index contributed by atoms with van der Waals surface area (Å²) in [5, 5.41) is 11.5. The number of nitrogens with two attached hydrogens (primary N) is 1. The summed E-state index contributed by atoms with van der Waals surface area (Å²) < 4.78 is 22.4. The number of hydrogen-bond donors (Lipinski definition) is 3. The maximum Gasteiger partial charge on any atom is 0.238 e. The minimum atomic E-state index is -3.62. The molecule has 0 saturated heterocycles. The van der Waals surface area contributed by atoms with E-state index in [2.05, 4.69) is 29.5 Å². The van der Waals surface area contributed by atoms with E-state index in [4.69, 9.17) is 5.14 Å². The molecular formula is C15H26N4O2S. The topological polar surface area (TPSA) is 96.6 Å². The standard InChI is InChI=1S/C15H26N4O2S/c1-4-17-15(19-11-12(2)3)18-10-9-13-5-7-14(8-6-13)22(16,20)21/h5-8,12H,4,9-11H2,1-3H3,(H2,16,20,21)(H2,17,18,19). The van der Waals surface area contributed by atoms with Gasteiger partial charge in [0, 0.05) is 19.6 Å². The molecule has 0 atom stereocenters. The molecule has 0 unspecified atom stereocenters. The lowest BCUT2D eigenvalue weighted by molar-refractivity contribution is 0.598. The van der Waals surface area contributed by atoms with Crippen LogP contribution in [0.25, 0.3) is 0 Å². The van der Waals surface area contributed by atoms with E-state index in [1.54, 1.807) is 12.1 Å². The monoisotopic (exact) mass is 326 g/mol. The molecule has 6 nitrogen and oxygen atoms in total. The van der Waals surface area contributed by atoms with Crippen LogP contribution >= 0.6 is 0 Å². The van der Waals surface area contributed by atoms with Gasteiger partial charge in [0.25, 0.3) is 0 Å². The number of hydrogen-bond acceptors (Lipinski definition) is 3. The number of sulfonamides is 1. The summed E-state index contributed by atoms with van der Waals surface area (Å²) in [7, 11) is -3.62. The molecule has 22 heavy (non-hydrogen) atoms. The first-order valence-electron chi connectivity index (χ1n) is 7.47. The second-order valence-corrected chi connectivity index (χ2v) is 7.04. The minimum Gasteiger partial charge on any atom is -0.357 e. The van der Waals surface area contributed by atoms with Gasteiger partial charge in [-0.25, -0.2) is 13.6 Å². The van der Waals surface area contributed by atoms with Crippen molar-refractivity contribution in [2.24, 2.45) is 16.0 Å². The lowest BCUT2D eigenvalue weighted by Gasteiger charge is -2.12. The zero-order valence-electron chi connectivity index (χ0n) is 13.5. The van der Waals surface area contributed by atoms with Crippen molar-refractivity contribution < 1.29 is 8.42 Å². The predicted molar refractivity (Wildman–Crippen MR) is 90.3 cm³/mol. The quantitative estimate of drug-likeness (QED) is 0.516. The fourth-order valence-corrected chi connectivity index (χ4v) is 2.30. The highest BCUT2D eigenvalue weighted by atomic mass is 32.2. The molecule has 0 aliphatic carbocycles. The number of primary sulfonamides is 1. The third-order valence-electron chi connectivity index (χ3n) is 2.92. The Labute approximate surface area is 133 Å². The SMILES string of the molecule is CCNC(=NCC(C)C)NCCc1ccc(S(N)(=O)=O)cc1. The van der Waals surface area contributed by atoms with Gasteiger partial charge >= 0.3 is 0 Å². The van der Waals surface area contributed by atoms with Crippen LogP contribution in [0.2, 0.25) is 0 Å². The fraction of sp³-hybridized carbons (Fsp3) is 0.533. The summed E-state index contributed by atoms with van der Waals surface area (Å²) in [5.74, 6) is 1.32. The first-order valence-corrected chi connectivity index (χ1v) is 9.01. The summed E-state index contributed by atoms with van der Waals surface area (Å²) >= 11 is 0. The molecule has 0 saturated carbocycles. The molecule has 0 heterocycles. The third kappa shape index (κ3) is 6.91. The van der Waals surface area contributed by atoms with E-state index >= 15 is 0 Å². The number of rotatable bonds is 7. The Morgan fingerprint density at radius 1 is 1.23 bits per heavy atom. The van der Waals surface area contributed by atoms with Crippen LogP contribution in [0.5, 0.6) is 0 Å². The van der Waals surface area contributed by atoms with Crippen LogP contribution in [-0.4, -0.2) is 34.0 Å². The Kier molecular flexibility index (Phi) is 7.34. The Morgan fingerprint density at radius 3 is 2.36 bits per heavy atom. The van der Waals surface area contributed by atoms with Gasteiger partial charge in [0.05, 0.1) is 4.90 Å². The molecule has 0 spiro atoms. The molecule has 0 aliphatic heterocycles. The first-order chi connectivity index (χ1) is 10.3. The first kappa shape index (κ1) is 18.4. The Hall–Kier alpha value is -1.60.